The SMILES string of the molecule is CC(C(=O)N(Cc1ccccc1)c1ccccc1)N1C=CSCC1=O. The molecule has 0 aromatic heterocycles. The molecule has 128 valence electrons. The number of rotatable bonds is 5. The zero-order valence-corrected chi connectivity index (χ0v) is 14.9. The van der Waals surface area contributed by atoms with Gasteiger partial charge in [-0.25, -0.2) is 0 Å². The highest BCUT2D eigenvalue weighted by molar-refractivity contribution is 8.02. The van der Waals surface area contributed by atoms with E-state index in [4.69, 9.17) is 0 Å². The molecule has 1 atom stereocenters. The van der Waals surface area contributed by atoms with Crippen LogP contribution < -0.4 is 4.90 Å². The van der Waals surface area contributed by atoms with Gasteiger partial charge in [0.05, 0.1) is 12.3 Å². The maximum absolute atomic E-state index is 13.2. The van der Waals surface area contributed by atoms with E-state index in [1.54, 1.807) is 18.0 Å². The van der Waals surface area contributed by atoms with Gasteiger partial charge in [-0.2, -0.15) is 0 Å². The van der Waals surface area contributed by atoms with Crippen LogP contribution in [0.2, 0.25) is 0 Å². The van der Waals surface area contributed by atoms with Crippen LogP contribution in [0.15, 0.2) is 72.3 Å². The van der Waals surface area contributed by atoms with Crippen molar-refractivity contribution >= 4 is 29.3 Å². The molecule has 1 aliphatic heterocycles. The molecule has 0 spiro atoms. The number of anilines is 1. The number of carbonyl (C=O) groups is 2. The highest BCUT2D eigenvalue weighted by Gasteiger charge is 2.30. The van der Waals surface area contributed by atoms with Gasteiger partial charge in [-0.3, -0.25) is 9.59 Å². The Morgan fingerprint density at radius 3 is 2.40 bits per heavy atom. The van der Waals surface area contributed by atoms with Crippen molar-refractivity contribution < 1.29 is 9.59 Å². The number of thioether (sulfide) groups is 1. The van der Waals surface area contributed by atoms with E-state index in [1.807, 2.05) is 66.1 Å². The van der Waals surface area contributed by atoms with Crippen molar-refractivity contribution in [2.24, 2.45) is 0 Å². The van der Waals surface area contributed by atoms with E-state index in [0.717, 1.165) is 11.3 Å². The molecule has 2 amide bonds. The third kappa shape index (κ3) is 4.12. The lowest BCUT2D eigenvalue weighted by molar-refractivity contribution is -0.134. The van der Waals surface area contributed by atoms with Crippen LogP contribution in [0.4, 0.5) is 5.69 Å². The first-order valence-electron chi connectivity index (χ1n) is 8.16. The molecule has 0 aliphatic carbocycles. The van der Waals surface area contributed by atoms with E-state index in [9.17, 15) is 9.59 Å². The smallest absolute Gasteiger partial charge is 0.250 e. The molecule has 3 rings (SSSR count). The largest absolute Gasteiger partial charge is 0.306 e. The van der Waals surface area contributed by atoms with Crippen molar-refractivity contribution in [3.63, 3.8) is 0 Å². The van der Waals surface area contributed by atoms with Gasteiger partial charge in [0.1, 0.15) is 6.04 Å². The molecule has 0 saturated carbocycles. The number of hydrogen-bond acceptors (Lipinski definition) is 3. The third-order valence-corrected chi connectivity index (χ3v) is 4.83. The highest BCUT2D eigenvalue weighted by atomic mass is 32.2. The van der Waals surface area contributed by atoms with E-state index >= 15 is 0 Å². The Bertz CT molecular complexity index is 762. The molecule has 4 nitrogen and oxygen atoms in total. The second-order valence-corrected chi connectivity index (χ2v) is 6.71. The van der Waals surface area contributed by atoms with Gasteiger partial charge in [0.25, 0.3) is 0 Å². The summed E-state index contributed by atoms with van der Waals surface area (Å²) in [7, 11) is 0. The van der Waals surface area contributed by atoms with Gasteiger partial charge in [-0.1, -0.05) is 48.5 Å². The molecule has 2 aromatic carbocycles. The van der Waals surface area contributed by atoms with Crippen LogP contribution in [-0.2, 0) is 16.1 Å². The van der Waals surface area contributed by atoms with Gasteiger partial charge < -0.3 is 9.80 Å². The minimum atomic E-state index is -0.548. The number of hydrogen-bond donors (Lipinski definition) is 0. The number of amides is 2. The molecule has 5 heteroatoms. The summed E-state index contributed by atoms with van der Waals surface area (Å²) >= 11 is 1.45. The second-order valence-electron chi connectivity index (χ2n) is 5.82. The van der Waals surface area contributed by atoms with E-state index in [1.165, 1.54) is 16.7 Å². The van der Waals surface area contributed by atoms with Gasteiger partial charge in [0.2, 0.25) is 11.8 Å². The fourth-order valence-corrected chi connectivity index (χ4v) is 3.35. The van der Waals surface area contributed by atoms with Crippen LogP contribution in [0.3, 0.4) is 0 Å². The van der Waals surface area contributed by atoms with Gasteiger partial charge in [0.15, 0.2) is 0 Å². The molecule has 0 fully saturated rings. The lowest BCUT2D eigenvalue weighted by Crippen LogP contribution is -2.48. The molecule has 0 N–H and O–H groups in total. The minimum Gasteiger partial charge on any atom is -0.306 e. The van der Waals surface area contributed by atoms with Crippen LogP contribution in [-0.4, -0.2) is 28.5 Å². The molecule has 0 saturated heterocycles. The Morgan fingerprint density at radius 2 is 1.76 bits per heavy atom. The topological polar surface area (TPSA) is 40.6 Å². The van der Waals surface area contributed by atoms with Crippen LogP contribution in [0.5, 0.6) is 0 Å². The minimum absolute atomic E-state index is 0.0407. The van der Waals surface area contributed by atoms with Crippen LogP contribution >= 0.6 is 11.8 Å². The molecule has 1 unspecified atom stereocenters. The molecule has 1 aliphatic rings. The predicted octanol–water partition coefficient (Wildman–Crippen LogP) is 3.65. The zero-order valence-electron chi connectivity index (χ0n) is 14.0. The van der Waals surface area contributed by atoms with Gasteiger partial charge in [0, 0.05) is 11.9 Å². The summed E-state index contributed by atoms with van der Waals surface area (Å²) in [6.07, 6.45) is 1.70. The summed E-state index contributed by atoms with van der Waals surface area (Å²) in [4.78, 5) is 28.6. The van der Waals surface area contributed by atoms with Crippen molar-refractivity contribution in [3.8, 4) is 0 Å². The lowest BCUT2D eigenvalue weighted by atomic mass is 10.1. The quantitative estimate of drug-likeness (QED) is 0.825. The van der Waals surface area contributed by atoms with Gasteiger partial charge in [-0.15, -0.1) is 11.8 Å². The Morgan fingerprint density at radius 1 is 1.12 bits per heavy atom. The summed E-state index contributed by atoms with van der Waals surface area (Å²) in [6.45, 7) is 2.25. The maximum Gasteiger partial charge on any atom is 0.250 e. The summed E-state index contributed by atoms with van der Waals surface area (Å²) < 4.78 is 0. The average Bonchev–Trinajstić information content (AvgIpc) is 2.67. The Labute approximate surface area is 152 Å². The fourth-order valence-electron chi connectivity index (χ4n) is 2.75. The molecule has 2 aromatic rings. The average molecular weight is 352 g/mol. The van der Waals surface area contributed by atoms with E-state index in [2.05, 4.69) is 0 Å². The van der Waals surface area contributed by atoms with Crippen molar-refractivity contribution in [3.05, 3.63) is 77.8 Å². The van der Waals surface area contributed by atoms with E-state index < -0.39 is 6.04 Å². The van der Waals surface area contributed by atoms with Crippen LogP contribution in [0.1, 0.15) is 12.5 Å². The van der Waals surface area contributed by atoms with Crippen molar-refractivity contribution in [2.75, 3.05) is 10.7 Å². The summed E-state index contributed by atoms with van der Waals surface area (Å²) in [5.74, 6) is 0.235. The first kappa shape index (κ1) is 17.3. The second kappa shape index (κ2) is 8.03. The normalized spacial score (nSPS) is 15.1. The monoisotopic (exact) mass is 352 g/mol. The maximum atomic E-state index is 13.2. The summed E-state index contributed by atoms with van der Waals surface area (Å²) in [5, 5.41) is 1.86. The third-order valence-electron chi connectivity index (χ3n) is 4.10. The Hall–Kier alpha value is -2.53. The number of benzene rings is 2. The Balaban J connectivity index is 1.88. The molecule has 25 heavy (non-hydrogen) atoms. The molecule has 0 bridgehead atoms. The fraction of sp³-hybridized carbons (Fsp3) is 0.200. The summed E-state index contributed by atoms with van der Waals surface area (Å²) in [6, 6.07) is 18.9. The van der Waals surface area contributed by atoms with Crippen LogP contribution in [0, 0.1) is 0 Å². The van der Waals surface area contributed by atoms with E-state index in [-0.39, 0.29) is 11.8 Å². The zero-order chi connectivity index (χ0) is 17.6. The first-order valence-corrected chi connectivity index (χ1v) is 9.21. The predicted molar refractivity (Wildman–Crippen MR) is 102 cm³/mol. The van der Waals surface area contributed by atoms with Gasteiger partial charge >= 0.3 is 0 Å². The number of carbonyl (C=O) groups excluding carboxylic acids is 2. The molecular weight excluding hydrogens is 332 g/mol. The van der Waals surface area contributed by atoms with E-state index in [0.29, 0.717) is 12.3 Å². The molecule has 0 radical (unpaired) electrons. The van der Waals surface area contributed by atoms with Crippen molar-refractivity contribution in [1.82, 2.24) is 4.90 Å². The lowest BCUT2D eigenvalue weighted by Gasteiger charge is -2.32. The van der Waals surface area contributed by atoms with Gasteiger partial charge in [-0.05, 0) is 30.0 Å². The summed E-state index contributed by atoms with van der Waals surface area (Å²) in [5.41, 5.74) is 1.87. The Kier molecular flexibility index (Phi) is 5.56. The number of para-hydroxylation sites is 1. The number of nitrogens with zero attached hydrogens (tertiary/aromatic N) is 2. The standard InChI is InChI=1S/C20H20N2O2S/c1-16(21-12-13-25-15-19(21)23)20(24)22(18-10-6-3-7-11-18)14-17-8-4-2-5-9-17/h2-13,16H,14-15H2,1H3. The first-order chi connectivity index (χ1) is 12.2. The van der Waals surface area contributed by atoms with Crippen LogP contribution in [0.25, 0.3) is 0 Å². The van der Waals surface area contributed by atoms with Crippen molar-refractivity contribution in [2.45, 2.75) is 19.5 Å². The molecular formula is C20H20N2O2S. The highest BCUT2D eigenvalue weighted by Crippen LogP contribution is 2.22. The van der Waals surface area contributed by atoms with Crippen molar-refractivity contribution in [1.29, 1.82) is 0 Å². The molecule has 1 heterocycles.